The molecule has 0 aliphatic carbocycles. The van der Waals surface area contributed by atoms with Gasteiger partial charge in [0.2, 0.25) is 0 Å². The number of fused-ring (bicyclic) bond motifs is 6. The van der Waals surface area contributed by atoms with Gasteiger partial charge in [0.1, 0.15) is 13.4 Å². The molecule has 0 bridgehead atoms. The minimum atomic E-state index is 0.938. The van der Waals surface area contributed by atoms with Crippen LogP contribution in [0.1, 0.15) is 0 Å². The van der Waals surface area contributed by atoms with Gasteiger partial charge in [-0.2, -0.15) is 0 Å². The predicted octanol–water partition coefficient (Wildman–Crippen LogP) is 4.94. The van der Waals surface area contributed by atoms with Crippen molar-refractivity contribution < 1.29 is 4.42 Å². The van der Waals surface area contributed by atoms with Crippen molar-refractivity contribution in [2.45, 2.75) is 0 Å². The molecule has 4 aromatic carbocycles. The lowest BCUT2D eigenvalue weighted by Gasteiger charge is -2.08. The van der Waals surface area contributed by atoms with Crippen LogP contribution in [0.2, 0.25) is 0 Å². The molecule has 2 nitrogen and oxygen atoms in total. The number of benzene rings is 4. The third-order valence-electron chi connectivity index (χ3n) is 5.52. The summed E-state index contributed by atoms with van der Waals surface area (Å²) >= 11 is 0. The lowest BCUT2D eigenvalue weighted by atomic mass is 9.94. The van der Waals surface area contributed by atoms with Gasteiger partial charge in [-0.05, 0) is 23.7 Å². The lowest BCUT2D eigenvalue weighted by Crippen LogP contribution is -2.00. The van der Waals surface area contributed by atoms with Gasteiger partial charge in [0, 0.05) is 21.5 Å². The van der Waals surface area contributed by atoms with E-state index in [0.717, 1.165) is 27.7 Å². The van der Waals surface area contributed by atoms with Gasteiger partial charge in [0.05, 0.1) is 16.7 Å². The van der Waals surface area contributed by atoms with E-state index in [1.807, 2.05) is 0 Å². The summed E-state index contributed by atoms with van der Waals surface area (Å²) in [4.78, 5) is 0. The average molecular weight is 345 g/mol. The maximum absolute atomic E-state index is 6.42. The average Bonchev–Trinajstić information content (AvgIpc) is 3.25. The Bertz CT molecular complexity index is 1440. The first-order valence-corrected chi connectivity index (χ1v) is 9.22. The summed E-state index contributed by atoms with van der Waals surface area (Å²) in [5, 5.41) is 4.86. The number of aromatic nitrogens is 1. The molecule has 0 radical (unpaired) electrons. The first-order valence-electron chi connectivity index (χ1n) is 9.22. The van der Waals surface area contributed by atoms with Gasteiger partial charge in [-0.3, -0.25) is 0 Å². The molecule has 0 amide bonds. The maximum atomic E-state index is 6.42. The Morgan fingerprint density at radius 2 is 1.11 bits per heavy atom. The standard InChI is InChI=1S/C24H16BNO/c25-19-11-5-9-17-18-10-6-14-22(24(18)27-23(17)19)26-20-12-3-1-7-15(20)16-8-2-4-13-21(16)26/h1-14H,25H2. The monoisotopic (exact) mass is 345 g/mol. The van der Waals surface area contributed by atoms with Crippen LogP contribution < -0.4 is 5.46 Å². The predicted molar refractivity (Wildman–Crippen MR) is 116 cm³/mol. The normalized spacial score (nSPS) is 11.9. The summed E-state index contributed by atoms with van der Waals surface area (Å²) in [6.45, 7) is 0. The minimum Gasteiger partial charge on any atom is -0.454 e. The quantitative estimate of drug-likeness (QED) is 0.386. The number of hydrogen-bond acceptors (Lipinski definition) is 1. The molecular formula is C24H16BNO. The topological polar surface area (TPSA) is 18.1 Å². The van der Waals surface area contributed by atoms with E-state index in [1.165, 1.54) is 27.2 Å². The van der Waals surface area contributed by atoms with Gasteiger partial charge in [-0.15, -0.1) is 0 Å². The fourth-order valence-corrected chi connectivity index (χ4v) is 4.30. The highest BCUT2D eigenvalue weighted by atomic mass is 16.3. The summed E-state index contributed by atoms with van der Waals surface area (Å²) in [6.07, 6.45) is 0. The highest BCUT2D eigenvalue weighted by Gasteiger charge is 2.17. The van der Waals surface area contributed by atoms with Crippen molar-refractivity contribution in [3.8, 4) is 5.69 Å². The molecular weight excluding hydrogens is 329 g/mol. The second kappa shape index (κ2) is 5.27. The smallest absolute Gasteiger partial charge is 0.159 e. The molecule has 0 saturated heterocycles. The van der Waals surface area contributed by atoms with Crippen molar-refractivity contribution >= 4 is 57.1 Å². The number of nitrogens with zero attached hydrogens (tertiary/aromatic N) is 1. The summed E-state index contributed by atoms with van der Waals surface area (Å²) in [5.41, 5.74) is 6.55. The second-order valence-electron chi connectivity index (χ2n) is 7.08. The van der Waals surface area contributed by atoms with Crippen LogP contribution in [0.4, 0.5) is 0 Å². The minimum absolute atomic E-state index is 0.938. The molecule has 0 spiro atoms. The highest BCUT2D eigenvalue weighted by Crippen LogP contribution is 2.37. The van der Waals surface area contributed by atoms with E-state index in [-0.39, 0.29) is 0 Å². The molecule has 0 fully saturated rings. The molecule has 0 unspecified atom stereocenters. The number of rotatable bonds is 1. The van der Waals surface area contributed by atoms with Crippen molar-refractivity contribution in [2.24, 2.45) is 0 Å². The van der Waals surface area contributed by atoms with E-state index in [4.69, 9.17) is 4.42 Å². The van der Waals surface area contributed by atoms with Crippen LogP contribution in [0.25, 0.3) is 49.4 Å². The Morgan fingerprint density at radius 1 is 0.556 bits per heavy atom. The second-order valence-corrected chi connectivity index (χ2v) is 7.08. The number of furan rings is 1. The van der Waals surface area contributed by atoms with Gasteiger partial charge in [-0.1, -0.05) is 66.7 Å². The molecule has 126 valence electrons. The Labute approximate surface area is 157 Å². The Kier molecular flexibility index (Phi) is 2.87. The summed E-state index contributed by atoms with van der Waals surface area (Å²) < 4.78 is 8.74. The zero-order valence-corrected chi connectivity index (χ0v) is 14.9. The van der Waals surface area contributed by atoms with Gasteiger partial charge in [0.15, 0.2) is 5.58 Å². The van der Waals surface area contributed by atoms with Crippen LogP contribution in [0.5, 0.6) is 0 Å². The first-order chi connectivity index (χ1) is 13.3. The third-order valence-corrected chi connectivity index (χ3v) is 5.52. The molecule has 0 atom stereocenters. The van der Waals surface area contributed by atoms with Gasteiger partial charge >= 0.3 is 0 Å². The number of hydrogen-bond donors (Lipinski definition) is 0. The molecule has 2 aromatic heterocycles. The Hall–Kier alpha value is -3.46. The van der Waals surface area contributed by atoms with E-state index in [2.05, 4.69) is 97.3 Å². The molecule has 2 heterocycles. The molecule has 6 aromatic rings. The molecule has 0 aliphatic heterocycles. The zero-order chi connectivity index (χ0) is 18.0. The molecule has 0 saturated carbocycles. The summed E-state index contributed by atoms with van der Waals surface area (Å²) in [5.74, 6) is 0. The fourth-order valence-electron chi connectivity index (χ4n) is 4.30. The molecule has 0 N–H and O–H groups in total. The fraction of sp³-hybridized carbons (Fsp3) is 0. The van der Waals surface area contributed by atoms with E-state index in [9.17, 15) is 0 Å². The van der Waals surface area contributed by atoms with E-state index in [1.54, 1.807) is 0 Å². The summed E-state index contributed by atoms with van der Waals surface area (Å²) in [7, 11) is 2.10. The number of para-hydroxylation sites is 4. The van der Waals surface area contributed by atoms with Crippen LogP contribution in [0.15, 0.2) is 89.3 Å². The SMILES string of the molecule is Bc1cccc2c1oc1c(-n3c4ccccc4c4ccccc43)cccc12. The summed E-state index contributed by atoms with van der Waals surface area (Å²) in [6, 6.07) is 29.9. The Balaban J connectivity index is 1.84. The van der Waals surface area contributed by atoms with Crippen molar-refractivity contribution in [3.05, 3.63) is 84.9 Å². The van der Waals surface area contributed by atoms with E-state index in [0.29, 0.717) is 0 Å². The van der Waals surface area contributed by atoms with Crippen molar-refractivity contribution in [1.29, 1.82) is 0 Å². The maximum Gasteiger partial charge on any atom is 0.159 e. The highest BCUT2D eigenvalue weighted by molar-refractivity contribution is 6.39. The van der Waals surface area contributed by atoms with Crippen LogP contribution in [0.3, 0.4) is 0 Å². The largest absolute Gasteiger partial charge is 0.454 e. The molecule has 0 aliphatic rings. The van der Waals surface area contributed by atoms with E-state index < -0.39 is 0 Å². The first kappa shape index (κ1) is 14.7. The van der Waals surface area contributed by atoms with Gasteiger partial charge < -0.3 is 8.98 Å². The third kappa shape index (κ3) is 1.91. The van der Waals surface area contributed by atoms with Crippen molar-refractivity contribution in [1.82, 2.24) is 4.57 Å². The van der Waals surface area contributed by atoms with Crippen LogP contribution in [-0.4, -0.2) is 12.4 Å². The molecule has 6 rings (SSSR count). The molecule has 3 heteroatoms. The van der Waals surface area contributed by atoms with Gasteiger partial charge in [-0.25, -0.2) is 0 Å². The lowest BCUT2D eigenvalue weighted by molar-refractivity contribution is 0.669. The van der Waals surface area contributed by atoms with Crippen molar-refractivity contribution in [3.63, 3.8) is 0 Å². The van der Waals surface area contributed by atoms with Crippen LogP contribution >= 0.6 is 0 Å². The zero-order valence-electron chi connectivity index (χ0n) is 14.9. The Morgan fingerprint density at radius 3 is 1.81 bits per heavy atom. The molecule has 27 heavy (non-hydrogen) atoms. The van der Waals surface area contributed by atoms with Crippen LogP contribution in [0, 0.1) is 0 Å². The van der Waals surface area contributed by atoms with E-state index >= 15 is 0 Å². The van der Waals surface area contributed by atoms with Crippen LogP contribution in [-0.2, 0) is 0 Å². The van der Waals surface area contributed by atoms with Gasteiger partial charge in [0.25, 0.3) is 0 Å². The van der Waals surface area contributed by atoms with Crippen molar-refractivity contribution in [2.75, 3.05) is 0 Å².